The molecule has 144 valence electrons. The lowest BCUT2D eigenvalue weighted by Gasteiger charge is -2.07. The highest BCUT2D eigenvalue weighted by Crippen LogP contribution is 2.28. The van der Waals surface area contributed by atoms with Gasteiger partial charge in [-0.15, -0.1) is 0 Å². The van der Waals surface area contributed by atoms with Crippen LogP contribution in [0.5, 0.6) is 5.75 Å². The Morgan fingerprint density at radius 3 is 2.43 bits per heavy atom. The first-order valence-corrected chi connectivity index (χ1v) is 9.58. The SMILES string of the molecule is C[C@H](O)c1nccn1C/C=C/c1ccc(-c2ccc(OC3CC3N)cc2)cc1. The Morgan fingerprint density at radius 1 is 1.18 bits per heavy atom. The summed E-state index contributed by atoms with van der Waals surface area (Å²) in [5.74, 6) is 1.55. The number of aliphatic hydroxyl groups is 1. The highest BCUT2D eigenvalue weighted by atomic mass is 16.5. The van der Waals surface area contributed by atoms with Crippen molar-refractivity contribution in [1.29, 1.82) is 0 Å². The molecule has 28 heavy (non-hydrogen) atoms. The maximum Gasteiger partial charge on any atom is 0.137 e. The fourth-order valence-electron chi connectivity index (χ4n) is 3.16. The summed E-state index contributed by atoms with van der Waals surface area (Å²) in [5.41, 5.74) is 9.24. The largest absolute Gasteiger partial charge is 0.489 e. The summed E-state index contributed by atoms with van der Waals surface area (Å²) in [5, 5.41) is 9.70. The lowest BCUT2D eigenvalue weighted by atomic mass is 10.0. The summed E-state index contributed by atoms with van der Waals surface area (Å²) in [4.78, 5) is 4.18. The number of benzene rings is 2. The molecule has 5 heteroatoms. The van der Waals surface area contributed by atoms with E-state index in [9.17, 15) is 5.11 Å². The summed E-state index contributed by atoms with van der Waals surface area (Å²) in [6.45, 7) is 2.40. The number of rotatable bonds is 7. The van der Waals surface area contributed by atoms with Gasteiger partial charge >= 0.3 is 0 Å². The second kappa shape index (κ2) is 8.00. The molecule has 0 radical (unpaired) electrons. The summed E-state index contributed by atoms with van der Waals surface area (Å²) < 4.78 is 7.73. The van der Waals surface area contributed by atoms with Crippen LogP contribution in [0.2, 0.25) is 0 Å². The summed E-state index contributed by atoms with van der Waals surface area (Å²) in [6, 6.07) is 16.8. The van der Waals surface area contributed by atoms with E-state index in [1.807, 2.05) is 22.9 Å². The third-order valence-electron chi connectivity index (χ3n) is 4.90. The number of hydrogen-bond acceptors (Lipinski definition) is 4. The molecule has 1 saturated carbocycles. The van der Waals surface area contributed by atoms with E-state index in [1.54, 1.807) is 13.1 Å². The Morgan fingerprint density at radius 2 is 1.82 bits per heavy atom. The number of aromatic nitrogens is 2. The predicted octanol–water partition coefficient (Wildman–Crippen LogP) is 3.80. The zero-order valence-electron chi connectivity index (χ0n) is 15.9. The molecule has 5 nitrogen and oxygen atoms in total. The summed E-state index contributed by atoms with van der Waals surface area (Å²) in [6.07, 6.45) is 8.27. The lowest BCUT2D eigenvalue weighted by molar-refractivity contribution is 0.184. The van der Waals surface area contributed by atoms with Crippen molar-refractivity contribution in [3.05, 3.63) is 78.4 Å². The molecule has 0 amide bonds. The van der Waals surface area contributed by atoms with Crippen molar-refractivity contribution >= 4 is 6.08 Å². The van der Waals surface area contributed by atoms with Gasteiger partial charge in [0.25, 0.3) is 0 Å². The van der Waals surface area contributed by atoms with Gasteiger partial charge in [-0.2, -0.15) is 0 Å². The number of allylic oxidation sites excluding steroid dienone is 1. The van der Waals surface area contributed by atoms with Gasteiger partial charge < -0.3 is 20.1 Å². The van der Waals surface area contributed by atoms with E-state index >= 15 is 0 Å². The molecule has 1 fully saturated rings. The average molecular weight is 375 g/mol. The smallest absolute Gasteiger partial charge is 0.137 e. The van der Waals surface area contributed by atoms with E-state index in [4.69, 9.17) is 10.5 Å². The van der Waals surface area contributed by atoms with Gasteiger partial charge in [-0.1, -0.05) is 48.6 Å². The number of aliphatic hydroxyl groups excluding tert-OH is 1. The topological polar surface area (TPSA) is 73.3 Å². The molecule has 1 aromatic heterocycles. The van der Waals surface area contributed by atoms with E-state index in [1.165, 1.54) is 0 Å². The molecular formula is C23H25N3O2. The van der Waals surface area contributed by atoms with E-state index in [2.05, 4.69) is 53.5 Å². The van der Waals surface area contributed by atoms with E-state index in [0.29, 0.717) is 12.4 Å². The fraction of sp³-hybridized carbons (Fsp3) is 0.261. The molecule has 3 aromatic rings. The molecule has 0 aliphatic heterocycles. The van der Waals surface area contributed by atoms with Crippen molar-refractivity contribution in [1.82, 2.24) is 9.55 Å². The maximum absolute atomic E-state index is 9.70. The lowest BCUT2D eigenvalue weighted by Crippen LogP contribution is -2.10. The van der Waals surface area contributed by atoms with Crippen LogP contribution < -0.4 is 10.5 Å². The molecule has 1 aliphatic rings. The van der Waals surface area contributed by atoms with Crippen LogP contribution in [0.15, 0.2) is 67.0 Å². The Labute approximate surface area is 165 Å². The summed E-state index contributed by atoms with van der Waals surface area (Å²) in [7, 11) is 0. The molecule has 2 unspecified atom stereocenters. The molecule has 0 spiro atoms. The molecule has 3 N–H and O–H groups in total. The standard InChI is InChI=1S/C23H25N3O2/c1-16(27)23-25-12-14-26(23)13-2-3-17-4-6-18(7-5-17)19-8-10-20(11-9-19)28-22-15-21(22)24/h2-12,14,16,21-22,27H,13,15,24H2,1H3/b3-2+/t16-,21?,22?/m0/s1. The van der Waals surface area contributed by atoms with Crippen LogP contribution in [0.25, 0.3) is 17.2 Å². The molecule has 0 bridgehead atoms. The van der Waals surface area contributed by atoms with Gasteiger partial charge in [-0.25, -0.2) is 4.98 Å². The third-order valence-corrected chi connectivity index (χ3v) is 4.90. The van der Waals surface area contributed by atoms with Gasteiger partial charge in [-0.3, -0.25) is 0 Å². The van der Waals surface area contributed by atoms with Crippen LogP contribution in [0, 0.1) is 0 Å². The van der Waals surface area contributed by atoms with Crippen molar-refractivity contribution in [3.63, 3.8) is 0 Å². The number of nitrogens with two attached hydrogens (primary N) is 1. The zero-order chi connectivity index (χ0) is 19.5. The highest BCUT2D eigenvalue weighted by molar-refractivity contribution is 5.66. The van der Waals surface area contributed by atoms with Gasteiger partial charge in [0.05, 0.1) is 0 Å². The second-order valence-electron chi connectivity index (χ2n) is 7.22. The Kier molecular flexibility index (Phi) is 5.28. The first-order chi connectivity index (χ1) is 13.6. The zero-order valence-corrected chi connectivity index (χ0v) is 15.9. The van der Waals surface area contributed by atoms with E-state index < -0.39 is 6.10 Å². The number of nitrogens with zero attached hydrogens (tertiary/aromatic N) is 2. The monoisotopic (exact) mass is 375 g/mol. The van der Waals surface area contributed by atoms with Crippen LogP contribution in [-0.4, -0.2) is 26.8 Å². The van der Waals surface area contributed by atoms with Crippen molar-refractivity contribution in [2.75, 3.05) is 0 Å². The maximum atomic E-state index is 9.70. The summed E-state index contributed by atoms with van der Waals surface area (Å²) >= 11 is 0. The highest BCUT2D eigenvalue weighted by Gasteiger charge is 2.35. The van der Waals surface area contributed by atoms with Gasteiger partial charge in [0.15, 0.2) is 0 Å². The van der Waals surface area contributed by atoms with Crippen LogP contribution in [0.3, 0.4) is 0 Å². The minimum absolute atomic E-state index is 0.177. The number of hydrogen-bond donors (Lipinski definition) is 2. The molecular weight excluding hydrogens is 350 g/mol. The first-order valence-electron chi connectivity index (χ1n) is 9.58. The molecule has 3 atom stereocenters. The van der Waals surface area contributed by atoms with Gasteiger partial charge in [0, 0.05) is 31.4 Å². The average Bonchev–Trinajstić information content (AvgIpc) is 3.18. The normalized spacial score (nSPS) is 19.7. The second-order valence-corrected chi connectivity index (χ2v) is 7.22. The predicted molar refractivity (Wildman–Crippen MR) is 111 cm³/mol. The Bertz CT molecular complexity index is 943. The number of ether oxygens (including phenoxy) is 1. The Hall–Kier alpha value is -2.89. The molecule has 1 heterocycles. The minimum Gasteiger partial charge on any atom is -0.489 e. The van der Waals surface area contributed by atoms with Crippen LogP contribution in [0.4, 0.5) is 0 Å². The van der Waals surface area contributed by atoms with Crippen molar-refractivity contribution in [3.8, 4) is 16.9 Å². The fourth-order valence-corrected chi connectivity index (χ4v) is 3.16. The van der Waals surface area contributed by atoms with E-state index in [0.717, 1.165) is 28.9 Å². The molecule has 1 aliphatic carbocycles. The van der Waals surface area contributed by atoms with Crippen molar-refractivity contribution in [2.45, 2.75) is 38.1 Å². The molecule has 0 saturated heterocycles. The molecule has 4 rings (SSSR count). The third kappa shape index (κ3) is 4.32. The van der Waals surface area contributed by atoms with Crippen LogP contribution in [0.1, 0.15) is 30.8 Å². The first kappa shape index (κ1) is 18.5. The quantitative estimate of drug-likeness (QED) is 0.659. The van der Waals surface area contributed by atoms with Gasteiger partial charge in [-0.05, 0) is 35.7 Å². The van der Waals surface area contributed by atoms with Crippen molar-refractivity contribution in [2.24, 2.45) is 5.73 Å². The minimum atomic E-state index is -0.569. The number of imidazole rings is 1. The van der Waals surface area contributed by atoms with Crippen LogP contribution in [-0.2, 0) is 6.54 Å². The molecule has 2 aromatic carbocycles. The van der Waals surface area contributed by atoms with E-state index in [-0.39, 0.29) is 12.1 Å². The van der Waals surface area contributed by atoms with Crippen LogP contribution >= 0.6 is 0 Å². The van der Waals surface area contributed by atoms with Gasteiger partial charge in [0.1, 0.15) is 23.8 Å². The van der Waals surface area contributed by atoms with Crippen molar-refractivity contribution < 1.29 is 9.84 Å². The van der Waals surface area contributed by atoms with Gasteiger partial charge in [0.2, 0.25) is 0 Å². The Balaban J connectivity index is 1.37.